The molecule has 0 spiro atoms. The second-order valence-electron chi connectivity index (χ2n) is 6.90. The third-order valence-corrected chi connectivity index (χ3v) is 5.00. The van der Waals surface area contributed by atoms with Crippen molar-refractivity contribution in [2.45, 2.75) is 30.8 Å². The van der Waals surface area contributed by atoms with E-state index in [9.17, 15) is 9.59 Å². The molecule has 132 valence electrons. The Morgan fingerprint density at radius 2 is 2.04 bits per heavy atom. The van der Waals surface area contributed by atoms with Gasteiger partial charge in [-0.3, -0.25) is 14.6 Å². The molecule has 4 rings (SSSR count). The molecule has 2 aromatic rings. The van der Waals surface area contributed by atoms with E-state index in [1.54, 1.807) is 18.5 Å². The van der Waals surface area contributed by atoms with Gasteiger partial charge in [-0.15, -0.1) is 0 Å². The zero-order valence-electron chi connectivity index (χ0n) is 14.4. The molecule has 1 aromatic heterocycles. The fourth-order valence-electron chi connectivity index (χ4n) is 3.63. The standard InChI is InChI=1S/C21H21N3O2/c25-20(9-8-15-5-4-10-22-13-15)23-17-11-21(26)24(14-17)19-12-18(19)16-6-2-1-3-7-16/h1-10,13,17-19H,11-12,14H2,(H,23,25)/b9-8+/t17-,18+,19+/m1/s1. The highest BCUT2D eigenvalue weighted by molar-refractivity contribution is 5.92. The molecule has 1 saturated heterocycles. The fourth-order valence-corrected chi connectivity index (χ4v) is 3.63. The minimum atomic E-state index is -0.177. The summed E-state index contributed by atoms with van der Waals surface area (Å²) in [6.45, 7) is 0.597. The Morgan fingerprint density at radius 1 is 1.19 bits per heavy atom. The molecule has 0 bridgehead atoms. The van der Waals surface area contributed by atoms with Crippen LogP contribution in [0, 0.1) is 0 Å². The summed E-state index contributed by atoms with van der Waals surface area (Å²) in [5, 5.41) is 2.94. The van der Waals surface area contributed by atoms with Crippen LogP contribution in [0.3, 0.4) is 0 Å². The summed E-state index contributed by atoms with van der Waals surface area (Å²) >= 11 is 0. The minimum absolute atomic E-state index is 0.120. The van der Waals surface area contributed by atoms with Crippen molar-refractivity contribution in [2.75, 3.05) is 6.54 Å². The molecule has 1 aliphatic carbocycles. The predicted molar refractivity (Wildman–Crippen MR) is 99.1 cm³/mol. The SMILES string of the molecule is O=C(/C=C/c1cccnc1)N[C@@H]1CC(=O)N([C@H]2C[C@H]2c2ccccc2)C1. The molecule has 1 aliphatic heterocycles. The molecule has 1 N–H and O–H groups in total. The number of likely N-dealkylation sites (tertiary alicyclic amines) is 1. The van der Waals surface area contributed by atoms with Crippen molar-refractivity contribution in [2.24, 2.45) is 0 Å². The Hall–Kier alpha value is -2.95. The maximum Gasteiger partial charge on any atom is 0.244 e. The van der Waals surface area contributed by atoms with Crippen LogP contribution in [0.25, 0.3) is 6.08 Å². The highest BCUT2D eigenvalue weighted by Crippen LogP contribution is 2.45. The Balaban J connectivity index is 1.31. The van der Waals surface area contributed by atoms with E-state index in [0.29, 0.717) is 18.9 Å². The predicted octanol–water partition coefficient (Wildman–Crippen LogP) is 2.37. The van der Waals surface area contributed by atoms with Crippen molar-refractivity contribution in [1.29, 1.82) is 0 Å². The number of hydrogen-bond acceptors (Lipinski definition) is 3. The van der Waals surface area contributed by atoms with Crippen molar-refractivity contribution >= 4 is 17.9 Å². The van der Waals surface area contributed by atoms with Crippen LogP contribution in [0.4, 0.5) is 0 Å². The lowest BCUT2D eigenvalue weighted by molar-refractivity contribution is -0.128. The monoisotopic (exact) mass is 347 g/mol. The average molecular weight is 347 g/mol. The molecule has 2 fully saturated rings. The first-order valence-electron chi connectivity index (χ1n) is 8.94. The van der Waals surface area contributed by atoms with E-state index in [-0.39, 0.29) is 23.9 Å². The van der Waals surface area contributed by atoms with Gasteiger partial charge in [0.1, 0.15) is 0 Å². The summed E-state index contributed by atoms with van der Waals surface area (Å²) in [6, 6.07) is 14.2. The van der Waals surface area contributed by atoms with Crippen molar-refractivity contribution in [1.82, 2.24) is 15.2 Å². The number of amides is 2. The van der Waals surface area contributed by atoms with Gasteiger partial charge in [0.25, 0.3) is 0 Å². The fraction of sp³-hybridized carbons (Fsp3) is 0.286. The van der Waals surface area contributed by atoms with Crippen molar-refractivity contribution in [3.63, 3.8) is 0 Å². The van der Waals surface area contributed by atoms with E-state index in [0.717, 1.165) is 12.0 Å². The van der Waals surface area contributed by atoms with Crippen molar-refractivity contribution < 1.29 is 9.59 Å². The molecule has 1 saturated carbocycles. The summed E-state index contributed by atoms with van der Waals surface area (Å²) in [5.74, 6) is 0.388. The van der Waals surface area contributed by atoms with Gasteiger partial charge in [0.15, 0.2) is 0 Å². The van der Waals surface area contributed by atoms with Crippen LogP contribution in [0.15, 0.2) is 60.9 Å². The second kappa shape index (κ2) is 7.12. The Bertz CT molecular complexity index is 820. The van der Waals surface area contributed by atoms with Crippen LogP contribution >= 0.6 is 0 Å². The Kier molecular flexibility index (Phi) is 4.52. The lowest BCUT2D eigenvalue weighted by Gasteiger charge is -2.17. The van der Waals surface area contributed by atoms with Gasteiger partial charge in [0.2, 0.25) is 11.8 Å². The van der Waals surface area contributed by atoms with E-state index >= 15 is 0 Å². The highest BCUT2D eigenvalue weighted by atomic mass is 16.2. The quantitative estimate of drug-likeness (QED) is 0.845. The lowest BCUT2D eigenvalue weighted by Crippen LogP contribution is -2.37. The number of nitrogens with one attached hydrogen (secondary N) is 1. The molecule has 1 aromatic carbocycles. The largest absolute Gasteiger partial charge is 0.348 e. The number of carbonyl (C=O) groups excluding carboxylic acids is 2. The van der Waals surface area contributed by atoms with Crippen LogP contribution in [0.5, 0.6) is 0 Å². The van der Waals surface area contributed by atoms with Crippen LogP contribution in [0.2, 0.25) is 0 Å². The molecule has 2 heterocycles. The number of nitrogens with zero attached hydrogens (tertiary/aromatic N) is 2. The molecule has 0 radical (unpaired) electrons. The van der Waals surface area contributed by atoms with E-state index in [1.807, 2.05) is 35.2 Å². The number of pyridine rings is 1. The zero-order valence-corrected chi connectivity index (χ0v) is 14.4. The van der Waals surface area contributed by atoms with Crippen LogP contribution in [0.1, 0.15) is 29.9 Å². The average Bonchev–Trinajstić information content (AvgIpc) is 3.38. The number of aromatic nitrogens is 1. The summed E-state index contributed by atoms with van der Waals surface area (Å²) < 4.78 is 0. The molecular weight excluding hydrogens is 326 g/mol. The van der Waals surface area contributed by atoms with Crippen LogP contribution in [-0.2, 0) is 9.59 Å². The van der Waals surface area contributed by atoms with E-state index < -0.39 is 0 Å². The molecule has 26 heavy (non-hydrogen) atoms. The summed E-state index contributed by atoms with van der Waals surface area (Å²) in [7, 11) is 0. The smallest absolute Gasteiger partial charge is 0.244 e. The topological polar surface area (TPSA) is 62.3 Å². The number of hydrogen-bond donors (Lipinski definition) is 1. The number of rotatable bonds is 5. The van der Waals surface area contributed by atoms with Crippen LogP contribution in [-0.4, -0.2) is 40.3 Å². The van der Waals surface area contributed by atoms with Crippen molar-refractivity contribution in [3.8, 4) is 0 Å². The molecule has 3 atom stereocenters. The normalized spacial score (nSPS) is 24.8. The molecule has 5 nitrogen and oxygen atoms in total. The molecule has 5 heteroatoms. The summed E-state index contributed by atoms with van der Waals surface area (Å²) in [5.41, 5.74) is 2.16. The van der Waals surface area contributed by atoms with Gasteiger partial charge in [0.05, 0.1) is 6.04 Å². The van der Waals surface area contributed by atoms with E-state index in [4.69, 9.17) is 0 Å². The maximum atomic E-state index is 12.4. The van der Waals surface area contributed by atoms with Gasteiger partial charge in [-0.05, 0) is 29.7 Å². The first-order valence-corrected chi connectivity index (χ1v) is 8.94. The van der Waals surface area contributed by atoms with Crippen LogP contribution < -0.4 is 5.32 Å². The summed E-state index contributed by atoms with van der Waals surface area (Å²) in [6.07, 6.45) is 8.00. The minimum Gasteiger partial charge on any atom is -0.348 e. The molecule has 2 amide bonds. The van der Waals surface area contributed by atoms with Gasteiger partial charge in [0, 0.05) is 43.4 Å². The first-order chi connectivity index (χ1) is 12.7. The maximum absolute atomic E-state index is 12.4. The third-order valence-electron chi connectivity index (χ3n) is 5.00. The van der Waals surface area contributed by atoms with Gasteiger partial charge >= 0.3 is 0 Å². The van der Waals surface area contributed by atoms with E-state index in [1.165, 1.54) is 11.6 Å². The molecule has 0 unspecified atom stereocenters. The van der Waals surface area contributed by atoms with Gasteiger partial charge in [-0.25, -0.2) is 0 Å². The summed E-state index contributed by atoms with van der Waals surface area (Å²) in [4.78, 5) is 30.4. The van der Waals surface area contributed by atoms with Gasteiger partial charge in [-0.2, -0.15) is 0 Å². The highest BCUT2D eigenvalue weighted by Gasteiger charge is 2.47. The zero-order chi connectivity index (χ0) is 17.9. The Labute approximate surface area is 152 Å². The first kappa shape index (κ1) is 16.5. The lowest BCUT2D eigenvalue weighted by atomic mass is 10.1. The Morgan fingerprint density at radius 3 is 2.81 bits per heavy atom. The van der Waals surface area contributed by atoms with Gasteiger partial charge in [-0.1, -0.05) is 36.4 Å². The van der Waals surface area contributed by atoms with Crippen molar-refractivity contribution in [3.05, 3.63) is 72.1 Å². The number of benzene rings is 1. The molecule has 2 aliphatic rings. The molecular formula is C21H21N3O2. The second-order valence-corrected chi connectivity index (χ2v) is 6.90. The number of carbonyl (C=O) groups is 2. The van der Waals surface area contributed by atoms with E-state index in [2.05, 4.69) is 22.4 Å². The van der Waals surface area contributed by atoms with Gasteiger partial charge < -0.3 is 10.2 Å². The third kappa shape index (κ3) is 3.67.